The Balaban J connectivity index is 2.13. The van der Waals surface area contributed by atoms with Gasteiger partial charge in [-0.05, 0) is 52.6 Å². The average Bonchev–Trinajstić information content (AvgIpc) is 2.61. The topological polar surface area (TPSA) is 95.2 Å². The summed E-state index contributed by atoms with van der Waals surface area (Å²) in [4.78, 5) is 5.94. The lowest BCUT2D eigenvalue weighted by atomic mass is 9.77. The van der Waals surface area contributed by atoms with Crippen molar-refractivity contribution >= 4 is 27.3 Å². The lowest BCUT2D eigenvalue weighted by Gasteiger charge is -2.38. The summed E-state index contributed by atoms with van der Waals surface area (Å²) in [6.45, 7) is 11.3. The molecule has 1 aliphatic rings. The molecule has 1 N–H and O–H groups in total. The molecule has 0 amide bonds. The van der Waals surface area contributed by atoms with Gasteiger partial charge in [-0.3, -0.25) is 4.55 Å². The van der Waals surface area contributed by atoms with E-state index in [0.29, 0.717) is 5.82 Å². The summed E-state index contributed by atoms with van der Waals surface area (Å²) >= 11 is 0. The number of azo groups is 1. The molecule has 2 heterocycles. The smallest absolute Gasteiger partial charge is 0.296 e. The minimum atomic E-state index is -4.46. The van der Waals surface area contributed by atoms with Gasteiger partial charge in [-0.1, -0.05) is 34.6 Å². The Bertz CT molecular complexity index is 1070. The molecule has 0 unspecified atom stereocenters. The fraction of sp³-hybridized carbons (Fsp3) is 0.476. The van der Waals surface area contributed by atoms with Crippen LogP contribution in [0.15, 0.2) is 45.6 Å². The number of hydrogen-bond donors (Lipinski definition) is 1. The van der Waals surface area contributed by atoms with Gasteiger partial charge in [0.1, 0.15) is 10.6 Å². The van der Waals surface area contributed by atoms with Crippen LogP contribution >= 0.6 is 0 Å². The molecule has 3 rings (SSSR count). The maximum absolute atomic E-state index is 12.0. The van der Waals surface area contributed by atoms with Gasteiger partial charge in [-0.2, -0.15) is 8.42 Å². The highest BCUT2D eigenvalue weighted by molar-refractivity contribution is 7.86. The van der Waals surface area contributed by atoms with E-state index in [1.165, 1.54) is 6.07 Å². The van der Waals surface area contributed by atoms with Crippen LogP contribution in [0.1, 0.15) is 52.2 Å². The lowest BCUT2D eigenvalue weighted by molar-refractivity contribution is 0.460. The summed E-state index contributed by atoms with van der Waals surface area (Å²) in [5.74, 6) is 0.382. The maximum Gasteiger partial charge on any atom is 0.296 e. The van der Waals surface area contributed by atoms with E-state index in [2.05, 4.69) is 49.8 Å². The number of fused-ring (bicyclic) bond motifs is 1. The third kappa shape index (κ3) is 4.48. The zero-order valence-electron chi connectivity index (χ0n) is 17.8. The Morgan fingerprint density at radius 1 is 1.17 bits per heavy atom. The first-order valence-corrected chi connectivity index (χ1v) is 11.0. The predicted octanol–water partition coefficient (Wildman–Crippen LogP) is 5.16. The van der Waals surface area contributed by atoms with Gasteiger partial charge < -0.3 is 4.90 Å². The third-order valence-electron chi connectivity index (χ3n) is 5.44. The van der Waals surface area contributed by atoms with Crippen molar-refractivity contribution in [1.29, 1.82) is 0 Å². The Kier molecular flexibility index (Phi) is 5.29. The van der Waals surface area contributed by atoms with Crippen LogP contribution in [0.3, 0.4) is 0 Å². The van der Waals surface area contributed by atoms with Crippen LogP contribution in [0.25, 0.3) is 0 Å². The van der Waals surface area contributed by atoms with Gasteiger partial charge in [0.15, 0.2) is 5.82 Å². The fourth-order valence-electron chi connectivity index (χ4n) is 3.45. The molecule has 0 spiro atoms. The molecular weight excluding hydrogens is 388 g/mol. The van der Waals surface area contributed by atoms with Crippen molar-refractivity contribution in [1.82, 2.24) is 4.98 Å². The predicted molar refractivity (Wildman–Crippen MR) is 114 cm³/mol. The number of hydrogen-bond acceptors (Lipinski definition) is 6. The van der Waals surface area contributed by atoms with Crippen molar-refractivity contribution in [3.8, 4) is 0 Å². The van der Waals surface area contributed by atoms with Gasteiger partial charge in [0.2, 0.25) is 0 Å². The molecule has 0 saturated heterocycles. The number of rotatable bonds is 3. The Morgan fingerprint density at radius 3 is 2.48 bits per heavy atom. The Morgan fingerprint density at radius 2 is 1.86 bits per heavy atom. The molecule has 2 aromatic rings. The van der Waals surface area contributed by atoms with E-state index in [1.807, 2.05) is 24.1 Å². The average molecular weight is 417 g/mol. The minimum absolute atomic E-state index is 0.0762. The van der Waals surface area contributed by atoms with Crippen LogP contribution in [0, 0.1) is 0 Å². The van der Waals surface area contributed by atoms with Crippen molar-refractivity contribution in [3.05, 3.63) is 41.6 Å². The highest BCUT2D eigenvalue weighted by Gasteiger charge is 2.32. The molecule has 7 nitrogen and oxygen atoms in total. The molecule has 8 heteroatoms. The summed E-state index contributed by atoms with van der Waals surface area (Å²) in [5.41, 5.74) is 2.69. The van der Waals surface area contributed by atoms with Crippen molar-refractivity contribution < 1.29 is 13.0 Å². The molecule has 0 bridgehead atoms. The molecule has 1 aromatic carbocycles. The summed E-state index contributed by atoms with van der Waals surface area (Å²) in [6, 6.07) is 6.94. The second-order valence-corrected chi connectivity index (χ2v) is 10.6. The van der Waals surface area contributed by atoms with Crippen LogP contribution in [0.5, 0.6) is 0 Å². The Labute approximate surface area is 172 Å². The van der Waals surface area contributed by atoms with Gasteiger partial charge in [0.25, 0.3) is 10.1 Å². The zero-order valence-corrected chi connectivity index (χ0v) is 18.6. The largest absolute Gasteiger partial charge is 0.374 e. The number of aromatic nitrogens is 1. The number of pyridine rings is 1. The van der Waals surface area contributed by atoms with E-state index in [-0.39, 0.29) is 21.4 Å². The first-order chi connectivity index (χ1) is 13.3. The normalized spacial score (nSPS) is 16.9. The molecular formula is C21H28N4O3S. The summed E-state index contributed by atoms with van der Waals surface area (Å²) in [5, 5.41) is 8.33. The lowest BCUT2D eigenvalue weighted by Crippen LogP contribution is -2.34. The minimum Gasteiger partial charge on any atom is -0.374 e. The standard InChI is InChI=1S/C21H28N4O3S/c1-20(2,3)14-7-9-22-19(11-14)24-23-16-12-15-17(13-18(16)29(26,27)28)25(6)10-8-21(15,4)5/h7,9,11-13H,8,10H2,1-6H3,(H,26,27,28). The maximum atomic E-state index is 12.0. The molecule has 29 heavy (non-hydrogen) atoms. The van der Waals surface area contributed by atoms with Gasteiger partial charge >= 0.3 is 0 Å². The molecule has 0 aliphatic carbocycles. The molecule has 0 atom stereocenters. The highest BCUT2D eigenvalue weighted by Crippen LogP contribution is 2.43. The molecule has 1 aromatic heterocycles. The fourth-order valence-corrected chi connectivity index (χ4v) is 4.07. The van der Waals surface area contributed by atoms with Crippen molar-refractivity contribution in [2.24, 2.45) is 10.2 Å². The first kappa shape index (κ1) is 21.4. The molecule has 0 radical (unpaired) electrons. The third-order valence-corrected chi connectivity index (χ3v) is 6.32. The summed E-state index contributed by atoms with van der Waals surface area (Å²) in [6.07, 6.45) is 2.58. The molecule has 0 fully saturated rings. The van der Waals surface area contributed by atoms with Crippen LogP contribution in [-0.4, -0.2) is 31.5 Å². The van der Waals surface area contributed by atoms with Crippen LogP contribution in [0.2, 0.25) is 0 Å². The monoisotopic (exact) mass is 416 g/mol. The first-order valence-electron chi connectivity index (χ1n) is 9.54. The summed E-state index contributed by atoms with van der Waals surface area (Å²) in [7, 11) is -2.56. The highest BCUT2D eigenvalue weighted by atomic mass is 32.2. The van der Waals surface area contributed by atoms with Crippen molar-refractivity contribution in [2.45, 2.75) is 56.8 Å². The van der Waals surface area contributed by atoms with Crippen molar-refractivity contribution in [3.63, 3.8) is 0 Å². The number of benzene rings is 1. The molecule has 1 aliphatic heterocycles. The molecule has 0 saturated carbocycles. The van der Waals surface area contributed by atoms with Crippen LogP contribution in [-0.2, 0) is 20.9 Å². The zero-order chi connectivity index (χ0) is 21.6. The van der Waals surface area contributed by atoms with E-state index in [0.717, 1.165) is 29.8 Å². The van der Waals surface area contributed by atoms with E-state index in [4.69, 9.17) is 0 Å². The Hall–Kier alpha value is -2.32. The summed E-state index contributed by atoms with van der Waals surface area (Å²) < 4.78 is 33.8. The van der Waals surface area contributed by atoms with Gasteiger partial charge in [0, 0.05) is 25.5 Å². The second kappa shape index (κ2) is 7.18. The van der Waals surface area contributed by atoms with Crippen LogP contribution in [0.4, 0.5) is 17.2 Å². The number of nitrogens with zero attached hydrogens (tertiary/aromatic N) is 4. The number of anilines is 1. The van der Waals surface area contributed by atoms with Crippen molar-refractivity contribution in [2.75, 3.05) is 18.5 Å². The van der Waals surface area contributed by atoms with Gasteiger partial charge in [-0.25, -0.2) is 4.98 Å². The van der Waals surface area contributed by atoms with Crippen LogP contribution < -0.4 is 4.90 Å². The van der Waals surface area contributed by atoms with E-state index in [9.17, 15) is 13.0 Å². The van der Waals surface area contributed by atoms with Gasteiger partial charge in [-0.15, -0.1) is 10.2 Å². The van der Waals surface area contributed by atoms with E-state index >= 15 is 0 Å². The quantitative estimate of drug-likeness (QED) is 0.551. The SMILES string of the molecule is CN1CCC(C)(C)c2cc(N=Nc3cc(C(C)(C)C)ccn3)c(S(=O)(=O)O)cc21. The molecule has 156 valence electrons. The van der Waals surface area contributed by atoms with E-state index in [1.54, 1.807) is 12.3 Å². The van der Waals surface area contributed by atoms with E-state index < -0.39 is 10.1 Å². The van der Waals surface area contributed by atoms with Gasteiger partial charge in [0.05, 0.1) is 0 Å². The second-order valence-electron chi connectivity index (χ2n) is 9.22.